The average Bonchev–Trinajstić information content (AvgIpc) is 2.33. The van der Waals surface area contributed by atoms with Crippen molar-refractivity contribution in [3.63, 3.8) is 0 Å². The molecule has 0 aliphatic heterocycles. The highest BCUT2D eigenvalue weighted by atomic mass is 35.5. The fourth-order valence-electron chi connectivity index (χ4n) is 2.48. The summed E-state index contributed by atoms with van der Waals surface area (Å²) in [4.78, 5) is 38.6. The fraction of sp³-hybridized carbons (Fsp3) is 0.500. The van der Waals surface area contributed by atoms with E-state index >= 15 is 0 Å². The number of fused-ring (bicyclic) bond motifs is 1. The van der Waals surface area contributed by atoms with Gasteiger partial charge in [0.15, 0.2) is 5.78 Å². The molecule has 1 aliphatic carbocycles. The second-order valence-corrected chi connectivity index (χ2v) is 5.89. The number of ketones is 1. The number of amides is 1. The molecule has 0 saturated carbocycles. The van der Waals surface area contributed by atoms with Gasteiger partial charge >= 0.3 is 0 Å². The zero-order chi connectivity index (χ0) is 14.9. The number of pyridine rings is 1. The molecule has 2 rings (SSSR count). The maximum absolute atomic E-state index is 12.1. The summed E-state index contributed by atoms with van der Waals surface area (Å²) in [5.74, 6) is -0.544. The third-order valence-electron chi connectivity index (χ3n) is 3.39. The number of nitrogens with one attached hydrogen (secondary N) is 2. The summed E-state index contributed by atoms with van der Waals surface area (Å²) < 4.78 is 0. The van der Waals surface area contributed by atoms with E-state index in [9.17, 15) is 14.4 Å². The minimum atomic E-state index is -0.503. The zero-order valence-electron chi connectivity index (χ0n) is 12.1. The van der Waals surface area contributed by atoms with Crippen LogP contribution in [0.5, 0.6) is 0 Å². The van der Waals surface area contributed by atoms with E-state index in [4.69, 9.17) is 5.73 Å². The van der Waals surface area contributed by atoms with Crippen LogP contribution in [0.1, 0.15) is 46.7 Å². The van der Waals surface area contributed by atoms with E-state index in [0.29, 0.717) is 30.6 Å². The van der Waals surface area contributed by atoms with Gasteiger partial charge in [-0.2, -0.15) is 0 Å². The van der Waals surface area contributed by atoms with Crippen LogP contribution in [0.4, 0.5) is 0 Å². The first-order valence-electron chi connectivity index (χ1n) is 6.62. The quantitative estimate of drug-likeness (QED) is 0.761. The van der Waals surface area contributed by atoms with Gasteiger partial charge in [0.25, 0.3) is 11.5 Å². The van der Waals surface area contributed by atoms with Crippen LogP contribution < -0.4 is 16.6 Å². The number of hydrogen-bond donors (Lipinski definition) is 3. The number of carbonyl (C=O) groups excluding carboxylic acids is 2. The topological polar surface area (TPSA) is 105 Å². The Bertz CT molecular complexity index is 622. The van der Waals surface area contributed by atoms with Crippen LogP contribution in [0.15, 0.2) is 10.9 Å². The third kappa shape index (κ3) is 3.71. The molecule has 1 aromatic rings. The Kier molecular flexibility index (Phi) is 5.31. The molecule has 0 spiro atoms. The molecule has 21 heavy (non-hydrogen) atoms. The lowest BCUT2D eigenvalue weighted by atomic mass is 9.75. The molecular formula is C14H20ClN3O3. The summed E-state index contributed by atoms with van der Waals surface area (Å²) in [5, 5.41) is 2.53. The first-order valence-corrected chi connectivity index (χ1v) is 6.62. The molecule has 1 amide bonds. The predicted molar refractivity (Wildman–Crippen MR) is 82.1 cm³/mol. The highest BCUT2D eigenvalue weighted by molar-refractivity contribution is 6.02. The number of carbonyl (C=O) groups is 2. The van der Waals surface area contributed by atoms with Gasteiger partial charge in [0.05, 0.1) is 0 Å². The van der Waals surface area contributed by atoms with Crippen LogP contribution in [0.2, 0.25) is 0 Å². The second kappa shape index (κ2) is 6.41. The molecule has 0 radical (unpaired) electrons. The third-order valence-corrected chi connectivity index (χ3v) is 3.39. The summed E-state index contributed by atoms with van der Waals surface area (Å²) in [6.07, 6.45) is 1.03. The number of aromatic nitrogens is 1. The summed E-state index contributed by atoms with van der Waals surface area (Å²) >= 11 is 0. The van der Waals surface area contributed by atoms with Crippen LogP contribution in [0, 0.1) is 5.41 Å². The number of hydrogen-bond acceptors (Lipinski definition) is 4. The largest absolute Gasteiger partial charge is 0.351 e. The van der Waals surface area contributed by atoms with E-state index in [-0.39, 0.29) is 35.7 Å². The number of H-pyrrole nitrogens is 1. The Morgan fingerprint density at radius 1 is 1.38 bits per heavy atom. The Morgan fingerprint density at radius 3 is 2.67 bits per heavy atom. The van der Waals surface area contributed by atoms with Crippen molar-refractivity contribution in [2.75, 3.05) is 13.1 Å². The smallest absolute Gasteiger partial charge is 0.261 e. The van der Waals surface area contributed by atoms with Crippen molar-refractivity contribution in [2.45, 2.75) is 26.7 Å². The molecule has 0 bridgehead atoms. The van der Waals surface area contributed by atoms with Crippen molar-refractivity contribution in [3.05, 3.63) is 33.2 Å². The molecule has 0 unspecified atom stereocenters. The maximum atomic E-state index is 12.1. The van der Waals surface area contributed by atoms with Crippen molar-refractivity contribution in [2.24, 2.45) is 11.1 Å². The average molecular weight is 314 g/mol. The van der Waals surface area contributed by atoms with Crippen molar-refractivity contribution < 1.29 is 9.59 Å². The Labute approximate surface area is 128 Å². The van der Waals surface area contributed by atoms with Crippen molar-refractivity contribution in [1.82, 2.24) is 10.3 Å². The van der Waals surface area contributed by atoms with Gasteiger partial charge in [-0.05, 0) is 17.9 Å². The Hall–Kier alpha value is -1.66. The van der Waals surface area contributed by atoms with E-state index in [2.05, 4.69) is 10.3 Å². The number of nitrogens with two attached hydrogens (primary N) is 1. The molecule has 0 atom stereocenters. The van der Waals surface area contributed by atoms with Crippen LogP contribution in [-0.2, 0) is 6.42 Å². The van der Waals surface area contributed by atoms with Gasteiger partial charge < -0.3 is 16.0 Å². The molecule has 6 nitrogen and oxygen atoms in total. The van der Waals surface area contributed by atoms with Gasteiger partial charge in [-0.3, -0.25) is 14.4 Å². The zero-order valence-corrected chi connectivity index (χ0v) is 12.9. The van der Waals surface area contributed by atoms with E-state index in [1.807, 2.05) is 13.8 Å². The van der Waals surface area contributed by atoms with Crippen molar-refractivity contribution in [1.29, 1.82) is 0 Å². The van der Waals surface area contributed by atoms with Gasteiger partial charge in [0, 0.05) is 30.8 Å². The number of Topliss-reactive ketones (excluding diaryl/α,β-unsaturated/α-hetero) is 1. The lowest BCUT2D eigenvalue weighted by molar-refractivity contribution is 0.0910. The first-order chi connectivity index (χ1) is 9.34. The number of halogens is 1. The molecule has 116 valence electrons. The summed E-state index contributed by atoms with van der Waals surface area (Å²) in [6, 6.07) is 1.40. The van der Waals surface area contributed by atoms with Crippen molar-refractivity contribution in [3.8, 4) is 0 Å². The van der Waals surface area contributed by atoms with E-state index in [1.165, 1.54) is 6.07 Å². The highest BCUT2D eigenvalue weighted by Crippen LogP contribution is 2.33. The van der Waals surface area contributed by atoms with Gasteiger partial charge in [0.2, 0.25) is 0 Å². The molecular weight excluding hydrogens is 294 g/mol. The molecule has 1 aromatic heterocycles. The molecule has 0 fully saturated rings. The number of rotatable bonds is 3. The molecule has 4 N–H and O–H groups in total. The first kappa shape index (κ1) is 17.4. The fourth-order valence-corrected chi connectivity index (χ4v) is 2.48. The Morgan fingerprint density at radius 2 is 2.05 bits per heavy atom. The van der Waals surface area contributed by atoms with E-state index in [0.717, 1.165) is 0 Å². The summed E-state index contributed by atoms with van der Waals surface area (Å²) in [6.45, 7) is 4.54. The molecule has 1 heterocycles. The normalized spacial score (nSPS) is 15.9. The highest BCUT2D eigenvalue weighted by Gasteiger charge is 2.32. The van der Waals surface area contributed by atoms with Gasteiger partial charge in [-0.25, -0.2) is 0 Å². The summed E-state index contributed by atoms with van der Waals surface area (Å²) in [7, 11) is 0. The molecule has 0 aromatic carbocycles. The molecule has 1 aliphatic rings. The monoisotopic (exact) mass is 313 g/mol. The Balaban J connectivity index is 0.00000220. The van der Waals surface area contributed by atoms with E-state index in [1.54, 1.807) is 0 Å². The van der Waals surface area contributed by atoms with Gasteiger partial charge in [0.1, 0.15) is 5.56 Å². The van der Waals surface area contributed by atoms with Gasteiger partial charge in [-0.15, -0.1) is 12.4 Å². The standard InChI is InChI=1S/C14H19N3O3.ClH/c1-14(2)6-10-8(11(18)7-14)5-9(13(20)17-10)12(19)16-4-3-15;/h5H,3-4,6-7,15H2,1-2H3,(H,16,19)(H,17,20);1H. The molecule has 7 heteroatoms. The SMILES string of the molecule is CC1(C)CC(=O)c2cc(C(=O)NCCN)c(=O)[nH]c2C1.Cl. The van der Waals surface area contributed by atoms with Crippen LogP contribution in [-0.4, -0.2) is 29.8 Å². The van der Waals surface area contributed by atoms with Crippen LogP contribution in [0.3, 0.4) is 0 Å². The lowest BCUT2D eigenvalue weighted by Gasteiger charge is -2.29. The number of aromatic amines is 1. The van der Waals surface area contributed by atoms with Crippen molar-refractivity contribution >= 4 is 24.1 Å². The van der Waals surface area contributed by atoms with Gasteiger partial charge in [-0.1, -0.05) is 13.8 Å². The predicted octanol–water partition coefficient (Wildman–Crippen LogP) is 0.640. The minimum absolute atomic E-state index is 0. The second-order valence-electron chi connectivity index (χ2n) is 5.89. The van der Waals surface area contributed by atoms with Crippen LogP contribution >= 0.6 is 12.4 Å². The van der Waals surface area contributed by atoms with E-state index < -0.39 is 11.5 Å². The van der Waals surface area contributed by atoms with Crippen LogP contribution in [0.25, 0.3) is 0 Å². The lowest BCUT2D eigenvalue weighted by Crippen LogP contribution is -2.36. The molecule has 0 saturated heterocycles. The maximum Gasteiger partial charge on any atom is 0.261 e. The minimum Gasteiger partial charge on any atom is -0.351 e. The summed E-state index contributed by atoms with van der Waals surface area (Å²) in [5.41, 5.74) is 5.69.